The van der Waals surface area contributed by atoms with Crippen molar-refractivity contribution in [3.05, 3.63) is 100 Å². The molecule has 7 nitrogen and oxygen atoms in total. The molecule has 1 aliphatic rings. The van der Waals surface area contributed by atoms with Crippen LogP contribution in [-0.2, 0) is 16.0 Å². The van der Waals surface area contributed by atoms with Gasteiger partial charge in [0.15, 0.2) is 0 Å². The Kier molecular flexibility index (Phi) is 6.76. The number of hydrogen-bond donors (Lipinski definition) is 2. The Hall–Kier alpha value is -3.68. The van der Waals surface area contributed by atoms with E-state index in [2.05, 4.69) is 10.3 Å². The quantitative estimate of drug-likeness (QED) is 0.356. The van der Waals surface area contributed by atoms with Crippen LogP contribution in [0.3, 0.4) is 0 Å². The molecule has 4 aromatic rings. The van der Waals surface area contributed by atoms with Crippen LogP contribution >= 0.6 is 23.2 Å². The molecule has 0 spiro atoms. The Balaban J connectivity index is 1.40. The number of pyridine rings is 1. The van der Waals surface area contributed by atoms with Crippen molar-refractivity contribution in [3.63, 3.8) is 0 Å². The highest BCUT2D eigenvalue weighted by Gasteiger charge is 2.47. The Bertz CT molecular complexity index is 1410. The number of carbonyl (C=O) groups excluding carboxylic acids is 2. The molecule has 0 bridgehead atoms. The second-order valence-corrected chi connectivity index (χ2v) is 9.62. The van der Waals surface area contributed by atoms with Gasteiger partial charge in [-0.15, -0.1) is 0 Å². The maximum absolute atomic E-state index is 13.1. The summed E-state index contributed by atoms with van der Waals surface area (Å²) in [6.07, 6.45) is 4.41. The smallest absolute Gasteiger partial charge is 0.240 e. The van der Waals surface area contributed by atoms with Crippen molar-refractivity contribution in [2.75, 3.05) is 0 Å². The van der Waals surface area contributed by atoms with Crippen LogP contribution in [0.5, 0.6) is 0 Å². The molecule has 1 aliphatic carbocycles. The molecule has 1 fully saturated rings. The van der Waals surface area contributed by atoms with Crippen LogP contribution in [0.15, 0.2) is 79.1 Å². The van der Waals surface area contributed by atoms with Crippen molar-refractivity contribution in [1.82, 2.24) is 20.1 Å². The zero-order valence-electron chi connectivity index (χ0n) is 19.1. The normalized spacial score (nSPS) is 17.4. The maximum atomic E-state index is 13.1. The number of nitrogens with two attached hydrogens (primary N) is 1. The van der Waals surface area contributed by atoms with Gasteiger partial charge < -0.3 is 11.1 Å². The van der Waals surface area contributed by atoms with E-state index in [0.29, 0.717) is 22.9 Å². The van der Waals surface area contributed by atoms with Crippen molar-refractivity contribution in [2.24, 2.45) is 11.7 Å². The van der Waals surface area contributed by atoms with Crippen molar-refractivity contribution >= 4 is 35.0 Å². The molecule has 3 N–H and O–H groups in total. The Morgan fingerprint density at radius 2 is 1.86 bits per heavy atom. The van der Waals surface area contributed by atoms with Crippen LogP contribution in [0.2, 0.25) is 10.0 Å². The van der Waals surface area contributed by atoms with Crippen molar-refractivity contribution < 1.29 is 9.59 Å². The van der Waals surface area contributed by atoms with Gasteiger partial charge in [0.05, 0.1) is 21.4 Å². The van der Waals surface area contributed by atoms with E-state index in [-0.39, 0.29) is 17.7 Å². The highest BCUT2D eigenvalue weighted by molar-refractivity contribution is 6.42. The minimum Gasteiger partial charge on any atom is -0.368 e. The first-order chi connectivity index (χ1) is 17.4. The lowest BCUT2D eigenvalue weighted by Gasteiger charge is -2.16. The van der Waals surface area contributed by atoms with Crippen LogP contribution in [-0.4, -0.2) is 32.6 Å². The van der Waals surface area contributed by atoms with E-state index < -0.39 is 11.9 Å². The van der Waals surface area contributed by atoms with Gasteiger partial charge in [-0.05, 0) is 48.4 Å². The van der Waals surface area contributed by atoms with Gasteiger partial charge in [0.2, 0.25) is 11.8 Å². The molecule has 0 radical (unpaired) electrons. The van der Waals surface area contributed by atoms with E-state index in [0.717, 1.165) is 28.2 Å². The number of halogens is 2. The van der Waals surface area contributed by atoms with Gasteiger partial charge in [0, 0.05) is 41.9 Å². The molecule has 2 aromatic carbocycles. The van der Waals surface area contributed by atoms with E-state index in [1.165, 1.54) is 0 Å². The van der Waals surface area contributed by atoms with Crippen molar-refractivity contribution in [2.45, 2.75) is 24.8 Å². The summed E-state index contributed by atoms with van der Waals surface area (Å²) in [6.45, 7) is 0. The Morgan fingerprint density at radius 3 is 2.56 bits per heavy atom. The summed E-state index contributed by atoms with van der Waals surface area (Å²) >= 11 is 12.4. The minimum atomic E-state index is -0.785. The molecule has 0 unspecified atom stereocenters. The predicted octanol–water partition coefficient (Wildman–Crippen LogP) is 4.56. The van der Waals surface area contributed by atoms with Crippen LogP contribution in [0, 0.1) is 5.92 Å². The lowest BCUT2D eigenvalue weighted by atomic mass is 10.1. The predicted molar refractivity (Wildman–Crippen MR) is 139 cm³/mol. The molecule has 2 amide bonds. The molecule has 5 rings (SSSR count). The zero-order valence-corrected chi connectivity index (χ0v) is 20.7. The summed E-state index contributed by atoms with van der Waals surface area (Å²) in [6, 6.07) is 19.7. The lowest BCUT2D eigenvalue weighted by Crippen LogP contribution is -2.46. The third kappa shape index (κ3) is 5.12. The Labute approximate surface area is 218 Å². The summed E-state index contributed by atoms with van der Waals surface area (Å²) < 4.78 is 1.79. The molecule has 2 heterocycles. The fraction of sp³-hybridized carbons (Fsp3) is 0.185. The Morgan fingerprint density at radius 1 is 1.06 bits per heavy atom. The molecule has 182 valence electrons. The number of rotatable bonds is 8. The molecular formula is C27H23Cl2N5O2. The summed E-state index contributed by atoms with van der Waals surface area (Å²) in [7, 11) is 0. The number of amides is 2. The highest BCUT2D eigenvalue weighted by Crippen LogP contribution is 2.49. The average molecular weight is 520 g/mol. The van der Waals surface area contributed by atoms with E-state index in [9.17, 15) is 9.59 Å². The standard InChI is InChI=1S/C27H23Cl2N5O2/c28-21-9-8-18(12-22(21)29)34-25(14-23(33-34)17-7-4-10-31-15-17)19-13-20(19)27(36)32-24(26(30)35)11-16-5-2-1-3-6-16/h1-10,12,14-15,19-20,24H,11,13H2,(H2,30,35)(H,32,36)/t19-,20-,24+/m1/s1. The third-order valence-corrected chi connectivity index (χ3v) is 7.03. The summed E-state index contributed by atoms with van der Waals surface area (Å²) in [5, 5.41) is 8.50. The van der Waals surface area contributed by atoms with Gasteiger partial charge in [0.1, 0.15) is 6.04 Å². The zero-order chi connectivity index (χ0) is 25.2. The number of hydrogen-bond acceptors (Lipinski definition) is 4. The minimum absolute atomic E-state index is 0.0809. The monoisotopic (exact) mass is 519 g/mol. The molecule has 0 aliphatic heterocycles. The number of carbonyl (C=O) groups is 2. The van der Waals surface area contributed by atoms with Gasteiger partial charge in [-0.1, -0.05) is 53.5 Å². The molecule has 1 saturated carbocycles. The molecule has 3 atom stereocenters. The fourth-order valence-corrected chi connectivity index (χ4v) is 4.59. The first kappa shape index (κ1) is 24.0. The largest absolute Gasteiger partial charge is 0.368 e. The van der Waals surface area contributed by atoms with Gasteiger partial charge in [-0.25, -0.2) is 4.68 Å². The van der Waals surface area contributed by atoms with Gasteiger partial charge in [-0.2, -0.15) is 5.10 Å². The van der Waals surface area contributed by atoms with Crippen molar-refractivity contribution in [1.29, 1.82) is 0 Å². The number of aromatic nitrogens is 3. The summed E-state index contributed by atoms with van der Waals surface area (Å²) in [5.41, 5.74) is 9.71. The van der Waals surface area contributed by atoms with E-state index in [1.54, 1.807) is 29.2 Å². The van der Waals surface area contributed by atoms with Crippen LogP contribution in [0.4, 0.5) is 0 Å². The van der Waals surface area contributed by atoms with Gasteiger partial charge >= 0.3 is 0 Å². The lowest BCUT2D eigenvalue weighted by molar-refractivity contribution is -0.128. The average Bonchev–Trinajstić information content (AvgIpc) is 3.57. The third-order valence-electron chi connectivity index (χ3n) is 6.29. The molecular weight excluding hydrogens is 497 g/mol. The van der Waals surface area contributed by atoms with Gasteiger partial charge in [-0.3, -0.25) is 14.6 Å². The molecule has 0 saturated heterocycles. The molecule has 2 aromatic heterocycles. The van der Waals surface area contributed by atoms with Crippen LogP contribution < -0.4 is 11.1 Å². The number of nitrogens with one attached hydrogen (secondary N) is 1. The number of primary amides is 1. The first-order valence-electron chi connectivity index (χ1n) is 11.5. The molecule has 9 heteroatoms. The molecule has 36 heavy (non-hydrogen) atoms. The summed E-state index contributed by atoms with van der Waals surface area (Å²) in [5.74, 6) is -1.15. The van der Waals surface area contributed by atoms with Crippen LogP contribution in [0.25, 0.3) is 16.9 Å². The van der Waals surface area contributed by atoms with Crippen LogP contribution in [0.1, 0.15) is 23.6 Å². The maximum Gasteiger partial charge on any atom is 0.240 e. The van der Waals surface area contributed by atoms with E-state index in [4.69, 9.17) is 34.0 Å². The van der Waals surface area contributed by atoms with E-state index >= 15 is 0 Å². The highest BCUT2D eigenvalue weighted by atomic mass is 35.5. The second kappa shape index (κ2) is 10.1. The topological polar surface area (TPSA) is 103 Å². The fourth-order valence-electron chi connectivity index (χ4n) is 4.30. The van der Waals surface area contributed by atoms with Gasteiger partial charge in [0.25, 0.3) is 0 Å². The van der Waals surface area contributed by atoms with E-state index in [1.807, 2.05) is 54.6 Å². The SMILES string of the molecule is NC(=O)[C@H](Cc1ccccc1)NC(=O)[C@@H]1C[C@H]1c1cc(-c2cccnc2)nn1-c1ccc(Cl)c(Cl)c1. The second-order valence-electron chi connectivity index (χ2n) is 8.81. The first-order valence-corrected chi connectivity index (χ1v) is 12.3. The van der Waals surface area contributed by atoms with Crippen molar-refractivity contribution in [3.8, 4) is 16.9 Å². The number of nitrogens with zero attached hydrogens (tertiary/aromatic N) is 3. The summed E-state index contributed by atoms with van der Waals surface area (Å²) in [4.78, 5) is 29.4. The number of benzene rings is 2.